The lowest BCUT2D eigenvalue weighted by Crippen LogP contribution is -2.19. The van der Waals surface area contributed by atoms with Crippen molar-refractivity contribution in [2.75, 3.05) is 7.05 Å². The second-order valence-corrected chi connectivity index (χ2v) is 3.69. The Kier molecular flexibility index (Phi) is 4.88. The number of rotatable bonds is 5. The second-order valence-electron chi connectivity index (χ2n) is 3.69. The number of benzene rings is 1. The highest BCUT2D eigenvalue weighted by atomic mass is 16.1. The summed E-state index contributed by atoms with van der Waals surface area (Å²) in [4.78, 5) is 11.6. The summed E-state index contributed by atoms with van der Waals surface area (Å²) < 4.78 is 0. The summed E-state index contributed by atoms with van der Waals surface area (Å²) in [6.45, 7) is 2.19. The van der Waals surface area contributed by atoms with Gasteiger partial charge in [0.15, 0.2) is 0 Å². The van der Waals surface area contributed by atoms with Crippen LogP contribution in [0.4, 0.5) is 0 Å². The van der Waals surface area contributed by atoms with E-state index in [1.54, 1.807) is 7.05 Å². The molecule has 0 aliphatic heterocycles. The average Bonchev–Trinajstić information content (AvgIpc) is 2.29. The quantitative estimate of drug-likeness (QED) is 0.736. The first-order valence-electron chi connectivity index (χ1n) is 5.59. The van der Waals surface area contributed by atoms with E-state index in [2.05, 4.69) is 12.2 Å². The van der Waals surface area contributed by atoms with Crippen LogP contribution in [0.15, 0.2) is 24.3 Å². The van der Waals surface area contributed by atoms with Crippen molar-refractivity contribution in [1.29, 1.82) is 0 Å². The van der Waals surface area contributed by atoms with Gasteiger partial charge in [0.05, 0.1) is 0 Å². The van der Waals surface area contributed by atoms with E-state index in [9.17, 15) is 4.79 Å². The Bertz CT molecular complexity index is 320. The minimum atomic E-state index is 0.0158. The van der Waals surface area contributed by atoms with Gasteiger partial charge in [0.2, 0.25) is 0 Å². The molecule has 0 aromatic heterocycles. The van der Waals surface area contributed by atoms with Crippen molar-refractivity contribution in [3.63, 3.8) is 0 Å². The number of aryl methyl sites for hydroxylation is 1. The van der Waals surface area contributed by atoms with Crippen molar-refractivity contribution in [3.05, 3.63) is 35.4 Å². The zero-order valence-corrected chi connectivity index (χ0v) is 9.55. The van der Waals surface area contributed by atoms with Gasteiger partial charge in [-0.3, -0.25) is 4.79 Å². The van der Waals surface area contributed by atoms with Gasteiger partial charge in [-0.05, 0) is 24.5 Å². The predicted octanol–water partition coefficient (Wildman–Crippen LogP) is 2.78. The van der Waals surface area contributed by atoms with Gasteiger partial charge in [-0.25, -0.2) is 0 Å². The third-order valence-corrected chi connectivity index (χ3v) is 2.54. The second kappa shape index (κ2) is 6.23. The third-order valence-electron chi connectivity index (χ3n) is 2.54. The van der Waals surface area contributed by atoms with Crippen molar-refractivity contribution >= 4 is 5.91 Å². The van der Waals surface area contributed by atoms with Gasteiger partial charge in [0.1, 0.15) is 0 Å². The van der Waals surface area contributed by atoms with E-state index in [0.29, 0.717) is 0 Å². The van der Waals surface area contributed by atoms with Gasteiger partial charge in [-0.1, -0.05) is 38.0 Å². The summed E-state index contributed by atoms with van der Waals surface area (Å²) in [6, 6.07) is 7.84. The molecule has 1 aromatic rings. The molecule has 0 aliphatic carbocycles. The Labute approximate surface area is 91.7 Å². The summed E-state index contributed by atoms with van der Waals surface area (Å²) in [5, 5.41) is 2.67. The van der Waals surface area contributed by atoms with Crippen LogP contribution in [0.3, 0.4) is 0 Å². The smallest absolute Gasteiger partial charge is 0.251 e. The van der Waals surface area contributed by atoms with E-state index < -0.39 is 0 Å². The summed E-state index contributed by atoms with van der Waals surface area (Å²) in [5.74, 6) is 0.0158. The Morgan fingerprint density at radius 2 is 2.00 bits per heavy atom. The maximum Gasteiger partial charge on any atom is 0.251 e. The highest BCUT2D eigenvalue weighted by molar-refractivity contribution is 5.95. The molecule has 0 radical (unpaired) electrons. The van der Waals surface area contributed by atoms with Crippen molar-refractivity contribution in [1.82, 2.24) is 5.32 Å². The van der Waals surface area contributed by atoms with Gasteiger partial charge < -0.3 is 5.32 Å². The minimum Gasteiger partial charge on any atom is -0.355 e. The number of hydrogen-bond acceptors (Lipinski definition) is 1. The lowest BCUT2D eigenvalue weighted by Gasteiger charge is -2.07. The molecule has 0 bridgehead atoms. The Balaban J connectivity index is 2.73. The Morgan fingerprint density at radius 1 is 1.27 bits per heavy atom. The molecular formula is C13H19NO. The van der Waals surface area contributed by atoms with E-state index in [1.165, 1.54) is 12.8 Å². The number of carbonyl (C=O) groups excluding carboxylic acids is 1. The molecule has 0 unspecified atom stereocenters. The summed E-state index contributed by atoms with van der Waals surface area (Å²) in [6.07, 6.45) is 4.59. The molecule has 0 atom stereocenters. The van der Waals surface area contributed by atoms with E-state index in [1.807, 2.05) is 24.3 Å². The van der Waals surface area contributed by atoms with E-state index in [4.69, 9.17) is 0 Å². The fraction of sp³-hybridized carbons (Fsp3) is 0.462. The van der Waals surface area contributed by atoms with Crippen molar-refractivity contribution in [2.24, 2.45) is 0 Å². The minimum absolute atomic E-state index is 0.0158. The fourth-order valence-corrected chi connectivity index (χ4v) is 1.66. The largest absolute Gasteiger partial charge is 0.355 e. The molecule has 1 aromatic carbocycles. The summed E-state index contributed by atoms with van der Waals surface area (Å²) in [7, 11) is 1.67. The van der Waals surface area contributed by atoms with Gasteiger partial charge >= 0.3 is 0 Å². The molecule has 0 saturated carbocycles. The van der Waals surface area contributed by atoms with E-state index in [0.717, 1.165) is 24.0 Å². The van der Waals surface area contributed by atoms with Crippen LogP contribution in [0.1, 0.15) is 42.1 Å². The normalized spacial score (nSPS) is 10.0. The van der Waals surface area contributed by atoms with Crippen LogP contribution in [-0.4, -0.2) is 13.0 Å². The van der Waals surface area contributed by atoms with Crippen LogP contribution in [0.2, 0.25) is 0 Å². The van der Waals surface area contributed by atoms with E-state index in [-0.39, 0.29) is 5.91 Å². The first kappa shape index (κ1) is 11.8. The Hall–Kier alpha value is -1.31. The van der Waals surface area contributed by atoms with Crippen LogP contribution in [0.5, 0.6) is 0 Å². The van der Waals surface area contributed by atoms with Gasteiger partial charge in [-0.2, -0.15) is 0 Å². The van der Waals surface area contributed by atoms with Crippen LogP contribution in [0, 0.1) is 0 Å². The monoisotopic (exact) mass is 205 g/mol. The van der Waals surface area contributed by atoms with Crippen LogP contribution >= 0.6 is 0 Å². The number of unbranched alkanes of at least 4 members (excludes halogenated alkanes) is 2. The van der Waals surface area contributed by atoms with Crippen molar-refractivity contribution in [3.8, 4) is 0 Å². The molecule has 0 spiro atoms. The first-order valence-corrected chi connectivity index (χ1v) is 5.59. The SMILES string of the molecule is CCCCCc1ccccc1C(=O)NC. The molecule has 1 rings (SSSR count). The number of nitrogens with one attached hydrogen (secondary N) is 1. The predicted molar refractivity (Wildman–Crippen MR) is 63.1 cm³/mol. The van der Waals surface area contributed by atoms with Crippen molar-refractivity contribution < 1.29 is 4.79 Å². The number of carbonyl (C=O) groups is 1. The summed E-state index contributed by atoms with van der Waals surface area (Å²) >= 11 is 0. The molecule has 1 N–H and O–H groups in total. The van der Waals surface area contributed by atoms with Crippen LogP contribution < -0.4 is 5.32 Å². The highest BCUT2D eigenvalue weighted by Crippen LogP contribution is 2.12. The van der Waals surface area contributed by atoms with Crippen LogP contribution in [0.25, 0.3) is 0 Å². The van der Waals surface area contributed by atoms with E-state index >= 15 is 0 Å². The lowest BCUT2D eigenvalue weighted by molar-refractivity contribution is 0.0962. The molecule has 82 valence electrons. The number of hydrogen-bond donors (Lipinski definition) is 1. The average molecular weight is 205 g/mol. The van der Waals surface area contributed by atoms with Gasteiger partial charge in [0, 0.05) is 12.6 Å². The maximum absolute atomic E-state index is 11.6. The highest BCUT2D eigenvalue weighted by Gasteiger charge is 2.07. The zero-order valence-electron chi connectivity index (χ0n) is 9.55. The summed E-state index contributed by atoms with van der Waals surface area (Å²) in [5.41, 5.74) is 1.97. The van der Waals surface area contributed by atoms with Gasteiger partial charge in [-0.15, -0.1) is 0 Å². The fourth-order valence-electron chi connectivity index (χ4n) is 1.66. The molecule has 0 fully saturated rings. The standard InChI is InChI=1S/C13H19NO/c1-3-4-5-8-11-9-6-7-10-12(11)13(15)14-2/h6-7,9-10H,3-5,8H2,1-2H3,(H,14,15). The third kappa shape index (κ3) is 3.39. The topological polar surface area (TPSA) is 29.1 Å². The van der Waals surface area contributed by atoms with Crippen LogP contribution in [-0.2, 0) is 6.42 Å². The molecule has 0 aliphatic rings. The van der Waals surface area contributed by atoms with Gasteiger partial charge in [0.25, 0.3) is 5.91 Å². The zero-order chi connectivity index (χ0) is 11.1. The molecular weight excluding hydrogens is 186 g/mol. The lowest BCUT2D eigenvalue weighted by atomic mass is 10.0. The molecule has 2 nitrogen and oxygen atoms in total. The molecule has 0 saturated heterocycles. The molecule has 2 heteroatoms. The number of amides is 1. The Morgan fingerprint density at radius 3 is 2.67 bits per heavy atom. The maximum atomic E-state index is 11.6. The molecule has 1 amide bonds. The van der Waals surface area contributed by atoms with Crippen molar-refractivity contribution in [2.45, 2.75) is 32.6 Å². The molecule has 15 heavy (non-hydrogen) atoms. The molecule has 0 heterocycles. The first-order chi connectivity index (χ1) is 7.29.